The molecule has 4 fully saturated rings. The van der Waals surface area contributed by atoms with E-state index < -0.39 is 6.23 Å². The number of aliphatic hydroxyl groups excluding tert-OH is 1. The van der Waals surface area contributed by atoms with E-state index in [0.717, 1.165) is 43.0 Å². The molecule has 1 N–H and O–H groups in total. The van der Waals surface area contributed by atoms with Crippen LogP contribution in [0.1, 0.15) is 86.4 Å². The average Bonchev–Trinajstić information content (AvgIpc) is 3.60. The van der Waals surface area contributed by atoms with Gasteiger partial charge in [-0.3, -0.25) is 19.4 Å². The first-order chi connectivity index (χ1) is 19.2. The van der Waals surface area contributed by atoms with E-state index in [1.165, 1.54) is 11.3 Å². The van der Waals surface area contributed by atoms with Gasteiger partial charge in [0.1, 0.15) is 12.3 Å². The number of aromatic nitrogens is 5. The Bertz CT molecular complexity index is 1360. The van der Waals surface area contributed by atoms with Crippen molar-refractivity contribution >= 4 is 17.2 Å². The smallest absolute Gasteiger partial charge is 0.251 e. The van der Waals surface area contributed by atoms with Crippen LogP contribution in [0.5, 0.6) is 0 Å². The molecule has 1 spiro atoms. The first kappa shape index (κ1) is 26.2. The lowest BCUT2D eigenvalue weighted by atomic mass is 9.71. The van der Waals surface area contributed by atoms with Crippen LogP contribution in [-0.4, -0.2) is 85.1 Å². The minimum atomic E-state index is -0.750. The van der Waals surface area contributed by atoms with Crippen molar-refractivity contribution in [2.75, 3.05) is 39.4 Å². The van der Waals surface area contributed by atoms with Crippen LogP contribution in [0, 0.1) is 16.7 Å². The maximum Gasteiger partial charge on any atom is 0.251 e. The maximum absolute atomic E-state index is 13.1. The fourth-order valence-corrected chi connectivity index (χ4v) is 7.47. The van der Waals surface area contributed by atoms with Crippen LogP contribution in [0.2, 0.25) is 0 Å². The molecule has 12 heteroatoms. The molecule has 7 rings (SSSR count). The van der Waals surface area contributed by atoms with Gasteiger partial charge >= 0.3 is 0 Å². The van der Waals surface area contributed by atoms with Crippen LogP contribution in [0.25, 0.3) is 0 Å². The molecule has 3 aromatic rings. The van der Waals surface area contributed by atoms with Crippen LogP contribution in [0.3, 0.4) is 0 Å². The molecule has 4 atom stereocenters. The van der Waals surface area contributed by atoms with E-state index in [2.05, 4.69) is 35.0 Å². The van der Waals surface area contributed by atoms with Gasteiger partial charge in [-0.2, -0.15) is 10.1 Å². The summed E-state index contributed by atoms with van der Waals surface area (Å²) >= 11 is 1.44. The van der Waals surface area contributed by atoms with Gasteiger partial charge in [-0.1, -0.05) is 19.0 Å². The zero-order chi connectivity index (χ0) is 27.6. The van der Waals surface area contributed by atoms with E-state index in [4.69, 9.17) is 19.3 Å². The van der Waals surface area contributed by atoms with Crippen LogP contribution >= 0.6 is 11.3 Å². The average molecular weight is 568 g/mol. The van der Waals surface area contributed by atoms with Crippen LogP contribution in [-0.2, 0) is 9.53 Å². The Morgan fingerprint density at radius 3 is 2.70 bits per heavy atom. The van der Waals surface area contributed by atoms with Crippen molar-refractivity contribution in [3.05, 3.63) is 46.3 Å². The largest absolute Gasteiger partial charge is 0.381 e. The normalized spacial score (nSPS) is 27.6. The number of likely N-dealkylation sites (tertiary alicyclic amines) is 2. The Morgan fingerprint density at radius 1 is 1.23 bits per heavy atom. The molecular formula is C28H37N7O4S. The van der Waals surface area contributed by atoms with Crippen LogP contribution in [0.15, 0.2) is 28.5 Å². The summed E-state index contributed by atoms with van der Waals surface area (Å²) in [7, 11) is 0. The molecule has 1 amide bonds. The highest BCUT2D eigenvalue weighted by molar-refractivity contribution is 7.09. The van der Waals surface area contributed by atoms with Gasteiger partial charge in [-0.25, -0.2) is 0 Å². The van der Waals surface area contributed by atoms with Gasteiger partial charge in [0.05, 0.1) is 16.1 Å². The number of hydrogen-bond donors (Lipinski definition) is 1. The third-order valence-electron chi connectivity index (χ3n) is 9.65. The molecule has 1 aliphatic carbocycles. The first-order valence-corrected chi connectivity index (χ1v) is 15.2. The van der Waals surface area contributed by atoms with E-state index >= 15 is 0 Å². The quantitative estimate of drug-likeness (QED) is 0.459. The molecule has 214 valence electrons. The summed E-state index contributed by atoms with van der Waals surface area (Å²) in [5.74, 6) is 1.86. The number of nitrogens with zero attached hydrogens (tertiary/aromatic N) is 7. The Hall–Kier alpha value is -2.67. The molecule has 3 unspecified atom stereocenters. The molecule has 4 aliphatic rings. The number of aliphatic hydroxyl groups is 1. The summed E-state index contributed by atoms with van der Waals surface area (Å²) in [6.07, 6.45) is 5.87. The lowest BCUT2D eigenvalue weighted by Gasteiger charge is -2.50. The van der Waals surface area contributed by atoms with Gasteiger partial charge in [0.25, 0.3) is 5.89 Å². The predicted molar refractivity (Wildman–Crippen MR) is 145 cm³/mol. The summed E-state index contributed by atoms with van der Waals surface area (Å²) in [5, 5.41) is 20.4. The highest BCUT2D eigenvalue weighted by atomic mass is 32.1. The Kier molecular flexibility index (Phi) is 6.37. The standard InChI is InChI=1S/C28H37N7O4S/c1-17(35-7-4-21(31-35)18-5-8-38-9-6-18)24-30-23(32-39-24)20-12-33(26(37)22-11-29-16-40-22)13-28(20)14-34(15-28)25(36)19-10-27(19,2)3/h4,7,11,16-20,26,37H,5-6,8-10,12-15H2,1-3H3/t17?,19-,20?,26?/m1/s1. The van der Waals surface area contributed by atoms with E-state index in [0.29, 0.717) is 43.8 Å². The lowest BCUT2D eigenvalue weighted by molar-refractivity contribution is -0.146. The fourth-order valence-electron chi connectivity index (χ4n) is 6.83. The molecule has 3 saturated heterocycles. The molecule has 3 aliphatic heterocycles. The van der Waals surface area contributed by atoms with Crippen molar-refractivity contribution in [2.45, 2.75) is 64.1 Å². The van der Waals surface area contributed by atoms with Gasteiger partial charge in [0, 0.05) is 75.0 Å². The number of rotatable bonds is 7. The summed E-state index contributed by atoms with van der Waals surface area (Å²) < 4.78 is 13.2. The SMILES string of the molecule is CC(c1nc(C2CN(C(O)c3cncs3)CC23CN(C(=O)[C@H]2CC2(C)C)C3)no1)n1ccc(C2CCOCC2)n1. The molecular weight excluding hydrogens is 530 g/mol. The van der Waals surface area contributed by atoms with Crippen LogP contribution < -0.4 is 0 Å². The van der Waals surface area contributed by atoms with Gasteiger partial charge < -0.3 is 19.3 Å². The van der Waals surface area contributed by atoms with E-state index in [1.807, 2.05) is 22.7 Å². The number of thiazole rings is 1. The highest BCUT2D eigenvalue weighted by Gasteiger charge is 2.61. The summed E-state index contributed by atoms with van der Waals surface area (Å²) in [6.45, 7) is 10.4. The second kappa shape index (κ2) is 9.71. The van der Waals surface area contributed by atoms with Crippen LogP contribution in [0.4, 0.5) is 0 Å². The minimum absolute atomic E-state index is 0.0635. The lowest BCUT2D eigenvalue weighted by Crippen LogP contribution is -2.62. The van der Waals surface area contributed by atoms with Gasteiger partial charge in [-0.15, -0.1) is 11.3 Å². The zero-order valence-corrected chi connectivity index (χ0v) is 24.1. The molecule has 40 heavy (non-hydrogen) atoms. The number of ether oxygens (including phenoxy) is 1. The topological polar surface area (TPSA) is 123 Å². The van der Waals surface area contributed by atoms with E-state index in [1.54, 1.807) is 11.7 Å². The Balaban J connectivity index is 1.10. The highest BCUT2D eigenvalue weighted by Crippen LogP contribution is 2.56. The molecule has 11 nitrogen and oxygen atoms in total. The summed E-state index contributed by atoms with van der Waals surface area (Å²) in [4.78, 5) is 27.0. The number of amides is 1. The molecule has 3 aromatic heterocycles. The second-order valence-electron chi connectivity index (χ2n) is 12.8. The van der Waals surface area contributed by atoms with E-state index in [9.17, 15) is 9.90 Å². The molecule has 6 heterocycles. The monoisotopic (exact) mass is 567 g/mol. The van der Waals surface area contributed by atoms with E-state index in [-0.39, 0.29) is 34.6 Å². The van der Waals surface area contributed by atoms with Gasteiger partial charge in [0.2, 0.25) is 5.91 Å². The summed E-state index contributed by atoms with van der Waals surface area (Å²) in [5.41, 5.74) is 2.68. The van der Waals surface area contributed by atoms with Crippen molar-refractivity contribution in [1.82, 2.24) is 34.7 Å². The number of carbonyl (C=O) groups excluding carboxylic acids is 1. The molecule has 0 aromatic carbocycles. The molecule has 0 bridgehead atoms. The van der Waals surface area contributed by atoms with Gasteiger partial charge in [0.15, 0.2) is 5.82 Å². The third kappa shape index (κ3) is 4.49. The van der Waals surface area contributed by atoms with Crippen molar-refractivity contribution in [1.29, 1.82) is 0 Å². The van der Waals surface area contributed by atoms with Crippen molar-refractivity contribution < 1.29 is 19.2 Å². The van der Waals surface area contributed by atoms with Crippen molar-refractivity contribution in [3.63, 3.8) is 0 Å². The first-order valence-electron chi connectivity index (χ1n) is 14.3. The maximum atomic E-state index is 13.1. The zero-order valence-electron chi connectivity index (χ0n) is 23.3. The minimum Gasteiger partial charge on any atom is -0.381 e. The predicted octanol–water partition coefficient (Wildman–Crippen LogP) is 3.19. The Labute approximate surface area is 237 Å². The molecule has 0 radical (unpaired) electrons. The molecule has 1 saturated carbocycles. The fraction of sp³-hybridized carbons (Fsp3) is 0.679. The number of carbonyl (C=O) groups is 1. The van der Waals surface area contributed by atoms with Crippen molar-refractivity contribution in [2.24, 2.45) is 16.7 Å². The number of hydrogen-bond acceptors (Lipinski definition) is 10. The summed E-state index contributed by atoms with van der Waals surface area (Å²) in [6, 6.07) is 1.87. The van der Waals surface area contributed by atoms with Gasteiger partial charge in [-0.05, 0) is 37.7 Å². The Morgan fingerprint density at radius 2 is 2.00 bits per heavy atom. The van der Waals surface area contributed by atoms with Crippen molar-refractivity contribution in [3.8, 4) is 0 Å². The third-order valence-corrected chi connectivity index (χ3v) is 10.5. The second-order valence-corrected chi connectivity index (χ2v) is 13.8.